The Balaban J connectivity index is 1.99. The monoisotopic (exact) mass is 361 g/mol. The summed E-state index contributed by atoms with van der Waals surface area (Å²) in [5, 5.41) is 8.56. The van der Waals surface area contributed by atoms with Gasteiger partial charge >= 0.3 is 0 Å². The van der Waals surface area contributed by atoms with Gasteiger partial charge in [-0.25, -0.2) is 0 Å². The van der Waals surface area contributed by atoms with Crippen molar-refractivity contribution in [2.45, 2.75) is 0 Å². The molecule has 0 atom stereocenters. The number of benzene rings is 2. The second kappa shape index (κ2) is 6.99. The van der Waals surface area contributed by atoms with Crippen molar-refractivity contribution in [3.05, 3.63) is 54.7 Å². The Labute approximate surface area is 156 Å². The highest BCUT2D eigenvalue weighted by Crippen LogP contribution is 2.43. The summed E-state index contributed by atoms with van der Waals surface area (Å²) in [7, 11) is 4.78. The molecule has 2 aromatic carbocycles. The number of nitrogens with one attached hydrogen (secondary N) is 1. The average molecular weight is 361 g/mol. The van der Waals surface area contributed by atoms with Crippen molar-refractivity contribution in [2.24, 2.45) is 0 Å². The number of hydrogen-bond donors (Lipinski definition) is 1. The number of H-pyrrole nitrogens is 1. The maximum atomic E-state index is 5.49. The van der Waals surface area contributed by atoms with Crippen molar-refractivity contribution >= 4 is 10.9 Å². The van der Waals surface area contributed by atoms with Crippen molar-refractivity contribution in [3.63, 3.8) is 0 Å². The average Bonchev–Trinajstić information content (AvgIpc) is 3.17. The van der Waals surface area contributed by atoms with Crippen LogP contribution in [-0.4, -0.2) is 36.5 Å². The summed E-state index contributed by atoms with van der Waals surface area (Å²) in [5.74, 6) is 1.71. The first-order valence-corrected chi connectivity index (χ1v) is 8.45. The van der Waals surface area contributed by atoms with E-state index in [1.54, 1.807) is 27.5 Å². The fraction of sp³-hybridized carbons (Fsp3) is 0.143. The van der Waals surface area contributed by atoms with Crippen LogP contribution >= 0.6 is 0 Å². The molecule has 6 nitrogen and oxygen atoms in total. The summed E-state index contributed by atoms with van der Waals surface area (Å²) in [6, 6.07) is 15.7. The minimum atomic E-state index is 0.548. The molecule has 0 amide bonds. The van der Waals surface area contributed by atoms with E-state index >= 15 is 0 Å². The molecule has 0 spiro atoms. The Bertz CT molecular complexity index is 1070. The Kier molecular flexibility index (Phi) is 4.38. The molecule has 0 aliphatic heterocycles. The normalized spacial score (nSPS) is 10.8. The Hall–Kier alpha value is -3.54. The second-order valence-corrected chi connectivity index (χ2v) is 5.93. The van der Waals surface area contributed by atoms with Crippen LogP contribution in [0.2, 0.25) is 0 Å². The molecule has 0 saturated carbocycles. The molecule has 4 aromatic rings. The first kappa shape index (κ1) is 16.9. The molecule has 0 bridgehead atoms. The summed E-state index contributed by atoms with van der Waals surface area (Å²) in [4.78, 5) is 4.63. The number of ether oxygens (including phenoxy) is 3. The lowest BCUT2D eigenvalue weighted by Gasteiger charge is -2.14. The van der Waals surface area contributed by atoms with E-state index in [-0.39, 0.29) is 0 Å². The molecular formula is C21H19N3O3. The first-order chi connectivity index (χ1) is 13.3. The number of aromatic amines is 1. The summed E-state index contributed by atoms with van der Waals surface area (Å²) in [6.45, 7) is 0. The minimum absolute atomic E-state index is 0.548. The Morgan fingerprint density at radius 2 is 1.48 bits per heavy atom. The third-order valence-electron chi connectivity index (χ3n) is 4.46. The molecule has 27 heavy (non-hydrogen) atoms. The Morgan fingerprint density at radius 1 is 0.778 bits per heavy atom. The molecule has 2 heterocycles. The van der Waals surface area contributed by atoms with Gasteiger partial charge in [0.2, 0.25) is 5.75 Å². The number of rotatable bonds is 5. The van der Waals surface area contributed by atoms with Crippen LogP contribution in [0.5, 0.6) is 17.2 Å². The maximum absolute atomic E-state index is 5.49. The third-order valence-corrected chi connectivity index (χ3v) is 4.46. The second-order valence-electron chi connectivity index (χ2n) is 5.93. The van der Waals surface area contributed by atoms with Crippen LogP contribution in [0.25, 0.3) is 33.4 Å². The van der Waals surface area contributed by atoms with Crippen molar-refractivity contribution < 1.29 is 14.2 Å². The number of aromatic nitrogens is 3. The van der Waals surface area contributed by atoms with Crippen LogP contribution in [-0.2, 0) is 0 Å². The predicted octanol–water partition coefficient (Wildman–Crippen LogP) is 4.32. The highest BCUT2D eigenvalue weighted by Gasteiger charge is 2.19. The van der Waals surface area contributed by atoms with Gasteiger partial charge in [-0.05, 0) is 18.2 Å². The molecule has 136 valence electrons. The first-order valence-electron chi connectivity index (χ1n) is 8.45. The summed E-state index contributed by atoms with van der Waals surface area (Å²) < 4.78 is 16.4. The molecule has 2 aromatic heterocycles. The fourth-order valence-corrected chi connectivity index (χ4v) is 3.21. The van der Waals surface area contributed by atoms with Crippen molar-refractivity contribution in [1.29, 1.82) is 0 Å². The SMILES string of the molecule is COc1cc(-c2nccc3[nH]nc(-c4ccccc4)c23)cc(OC)c1OC. The van der Waals surface area contributed by atoms with E-state index in [4.69, 9.17) is 14.2 Å². The Morgan fingerprint density at radius 3 is 2.11 bits per heavy atom. The largest absolute Gasteiger partial charge is 0.493 e. The van der Waals surface area contributed by atoms with E-state index in [0.29, 0.717) is 17.2 Å². The zero-order valence-corrected chi connectivity index (χ0v) is 15.3. The molecule has 0 unspecified atom stereocenters. The van der Waals surface area contributed by atoms with Crippen LogP contribution in [0.3, 0.4) is 0 Å². The summed E-state index contributed by atoms with van der Waals surface area (Å²) >= 11 is 0. The molecule has 0 aliphatic carbocycles. The van der Waals surface area contributed by atoms with E-state index in [9.17, 15) is 0 Å². The van der Waals surface area contributed by atoms with Crippen LogP contribution in [0.1, 0.15) is 0 Å². The lowest BCUT2D eigenvalue weighted by molar-refractivity contribution is 0.324. The molecular weight excluding hydrogens is 342 g/mol. The highest BCUT2D eigenvalue weighted by atomic mass is 16.5. The fourth-order valence-electron chi connectivity index (χ4n) is 3.21. The maximum Gasteiger partial charge on any atom is 0.203 e. The number of fused-ring (bicyclic) bond motifs is 1. The van der Waals surface area contributed by atoms with E-state index in [0.717, 1.165) is 33.4 Å². The molecule has 4 rings (SSSR count). The number of hydrogen-bond acceptors (Lipinski definition) is 5. The van der Waals surface area contributed by atoms with Crippen molar-refractivity contribution in [3.8, 4) is 39.8 Å². The zero-order chi connectivity index (χ0) is 18.8. The van der Waals surface area contributed by atoms with Crippen LogP contribution in [0.4, 0.5) is 0 Å². The van der Waals surface area contributed by atoms with Gasteiger partial charge in [-0.1, -0.05) is 30.3 Å². The van der Waals surface area contributed by atoms with Crippen molar-refractivity contribution in [1.82, 2.24) is 15.2 Å². The quantitative estimate of drug-likeness (QED) is 0.573. The minimum Gasteiger partial charge on any atom is -0.493 e. The van der Waals surface area contributed by atoms with Crippen LogP contribution in [0, 0.1) is 0 Å². The van der Waals surface area contributed by atoms with Crippen molar-refractivity contribution in [2.75, 3.05) is 21.3 Å². The van der Waals surface area contributed by atoms with Gasteiger partial charge in [-0.2, -0.15) is 5.10 Å². The molecule has 0 fully saturated rings. The van der Waals surface area contributed by atoms with Gasteiger partial charge in [0.1, 0.15) is 5.69 Å². The molecule has 6 heteroatoms. The standard InChI is InChI=1S/C21H19N3O3/c1-25-16-11-14(12-17(26-2)21(16)27-3)19-18-15(9-10-22-19)23-24-20(18)13-7-5-4-6-8-13/h4-12H,1-3H3,(H,23,24). The predicted molar refractivity (Wildman–Crippen MR) is 104 cm³/mol. The smallest absolute Gasteiger partial charge is 0.203 e. The van der Waals surface area contributed by atoms with Crippen LogP contribution < -0.4 is 14.2 Å². The molecule has 0 aliphatic rings. The van der Waals surface area contributed by atoms with Gasteiger partial charge in [0, 0.05) is 17.3 Å². The number of nitrogens with zero attached hydrogens (tertiary/aromatic N) is 2. The molecule has 0 saturated heterocycles. The van der Waals surface area contributed by atoms with Crippen LogP contribution in [0.15, 0.2) is 54.7 Å². The topological polar surface area (TPSA) is 69.3 Å². The van der Waals surface area contributed by atoms with E-state index in [1.165, 1.54) is 0 Å². The van der Waals surface area contributed by atoms with E-state index < -0.39 is 0 Å². The lowest BCUT2D eigenvalue weighted by atomic mass is 10.0. The third kappa shape index (κ3) is 2.85. The van der Waals surface area contributed by atoms with Gasteiger partial charge in [-0.15, -0.1) is 0 Å². The zero-order valence-electron chi connectivity index (χ0n) is 15.3. The van der Waals surface area contributed by atoms with Gasteiger partial charge in [0.05, 0.1) is 37.9 Å². The highest BCUT2D eigenvalue weighted by molar-refractivity contribution is 6.02. The van der Waals surface area contributed by atoms with Gasteiger partial charge in [0.25, 0.3) is 0 Å². The van der Waals surface area contributed by atoms with E-state index in [2.05, 4.69) is 15.2 Å². The van der Waals surface area contributed by atoms with E-state index in [1.807, 2.05) is 48.5 Å². The molecule has 0 radical (unpaired) electrons. The molecule has 1 N–H and O–H groups in total. The van der Waals surface area contributed by atoms with Gasteiger partial charge in [0.15, 0.2) is 11.5 Å². The number of methoxy groups -OCH3 is 3. The summed E-state index contributed by atoms with van der Waals surface area (Å²) in [5.41, 5.74) is 4.42. The summed E-state index contributed by atoms with van der Waals surface area (Å²) in [6.07, 6.45) is 1.76. The van der Waals surface area contributed by atoms with Gasteiger partial charge < -0.3 is 14.2 Å². The lowest BCUT2D eigenvalue weighted by Crippen LogP contribution is -1.96. The van der Waals surface area contributed by atoms with Gasteiger partial charge in [-0.3, -0.25) is 10.1 Å². The number of pyridine rings is 1.